The molecule has 0 radical (unpaired) electrons. The molecule has 2 atom stereocenters. The van der Waals surface area contributed by atoms with Crippen LogP contribution in [0.4, 0.5) is 0 Å². The van der Waals surface area contributed by atoms with Gasteiger partial charge >= 0.3 is 0 Å². The SMILES string of the molecule is CCCC[C@@H](NC(=O)[C@@H]1CCOC1)C(N)=O. The molecule has 0 spiro atoms. The van der Waals surface area contributed by atoms with E-state index < -0.39 is 11.9 Å². The van der Waals surface area contributed by atoms with E-state index in [0.29, 0.717) is 19.6 Å². The highest BCUT2D eigenvalue weighted by Crippen LogP contribution is 2.13. The molecule has 1 heterocycles. The van der Waals surface area contributed by atoms with Crippen molar-refractivity contribution in [1.82, 2.24) is 5.32 Å². The fourth-order valence-corrected chi connectivity index (χ4v) is 1.72. The van der Waals surface area contributed by atoms with Crippen LogP contribution in [0.25, 0.3) is 0 Å². The van der Waals surface area contributed by atoms with Crippen LogP contribution in [0.1, 0.15) is 32.6 Å². The molecule has 16 heavy (non-hydrogen) atoms. The predicted molar refractivity (Wildman–Crippen MR) is 59.6 cm³/mol. The normalized spacial score (nSPS) is 21.7. The molecule has 0 bridgehead atoms. The Balaban J connectivity index is 2.40. The smallest absolute Gasteiger partial charge is 0.239 e. The predicted octanol–water partition coefficient (Wildman–Crippen LogP) is 0.183. The van der Waals surface area contributed by atoms with Gasteiger partial charge in [-0.1, -0.05) is 19.8 Å². The quantitative estimate of drug-likeness (QED) is 0.680. The number of hydrogen-bond donors (Lipinski definition) is 2. The summed E-state index contributed by atoms with van der Waals surface area (Å²) in [6.07, 6.45) is 3.21. The molecule has 0 aromatic carbocycles. The molecule has 5 nitrogen and oxygen atoms in total. The average Bonchev–Trinajstić information content (AvgIpc) is 2.76. The number of amides is 2. The fraction of sp³-hybridized carbons (Fsp3) is 0.818. The van der Waals surface area contributed by atoms with E-state index in [9.17, 15) is 9.59 Å². The molecule has 2 amide bonds. The first-order chi connectivity index (χ1) is 7.65. The maximum atomic E-state index is 11.7. The Morgan fingerprint density at radius 1 is 1.56 bits per heavy atom. The molecule has 1 fully saturated rings. The van der Waals surface area contributed by atoms with E-state index in [0.717, 1.165) is 19.3 Å². The second-order valence-electron chi connectivity index (χ2n) is 4.17. The summed E-state index contributed by atoms with van der Waals surface area (Å²) in [5.41, 5.74) is 5.24. The van der Waals surface area contributed by atoms with Gasteiger partial charge in [0.05, 0.1) is 12.5 Å². The fourth-order valence-electron chi connectivity index (χ4n) is 1.72. The number of hydrogen-bond acceptors (Lipinski definition) is 3. The van der Waals surface area contributed by atoms with Crippen molar-refractivity contribution >= 4 is 11.8 Å². The molecular formula is C11H20N2O3. The zero-order valence-corrected chi connectivity index (χ0v) is 9.70. The van der Waals surface area contributed by atoms with Gasteiger partial charge in [0.25, 0.3) is 0 Å². The Labute approximate surface area is 95.7 Å². The lowest BCUT2D eigenvalue weighted by molar-refractivity contribution is -0.130. The topological polar surface area (TPSA) is 81.4 Å². The van der Waals surface area contributed by atoms with Crippen molar-refractivity contribution in [3.8, 4) is 0 Å². The second kappa shape index (κ2) is 6.48. The highest BCUT2D eigenvalue weighted by Gasteiger charge is 2.26. The second-order valence-corrected chi connectivity index (χ2v) is 4.17. The van der Waals surface area contributed by atoms with E-state index in [2.05, 4.69) is 5.32 Å². The Morgan fingerprint density at radius 3 is 2.81 bits per heavy atom. The number of carbonyl (C=O) groups is 2. The van der Waals surface area contributed by atoms with Gasteiger partial charge in [-0.05, 0) is 12.8 Å². The summed E-state index contributed by atoms with van der Waals surface area (Å²) in [5.74, 6) is -0.693. The number of carbonyl (C=O) groups excluding carboxylic acids is 2. The van der Waals surface area contributed by atoms with Gasteiger partial charge in [0.15, 0.2) is 0 Å². The van der Waals surface area contributed by atoms with Crippen LogP contribution in [0.2, 0.25) is 0 Å². The zero-order chi connectivity index (χ0) is 12.0. The van der Waals surface area contributed by atoms with Crippen molar-refractivity contribution in [1.29, 1.82) is 0 Å². The Bertz CT molecular complexity index is 250. The van der Waals surface area contributed by atoms with Crippen molar-refractivity contribution in [3.63, 3.8) is 0 Å². The molecule has 0 aliphatic carbocycles. The van der Waals surface area contributed by atoms with Gasteiger partial charge in [-0.25, -0.2) is 0 Å². The molecule has 1 rings (SSSR count). The lowest BCUT2D eigenvalue weighted by atomic mass is 10.1. The monoisotopic (exact) mass is 228 g/mol. The molecule has 92 valence electrons. The van der Waals surface area contributed by atoms with Crippen molar-refractivity contribution in [2.24, 2.45) is 11.7 Å². The number of nitrogens with one attached hydrogen (secondary N) is 1. The minimum atomic E-state index is -0.534. The standard InChI is InChI=1S/C11H20N2O3/c1-2-3-4-9(10(12)14)13-11(15)8-5-6-16-7-8/h8-9H,2-7H2,1H3,(H2,12,14)(H,13,15)/t8-,9-/m1/s1. The Morgan fingerprint density at radius 2 is 2.31 bits per heavy atom. The molecule has 3 N–H and O–H groups in total. The highest BCUT2D eigenvalue weighted by molar-refractivity contribution is 5.87. The van der Waals surface area contributed by atoms with Crippen molar-refractivity contribution < 1.29 is 14.3 Å². The summed E-state index contributed by atoms with van der Waals surface area (Å²) in [6, 6.07) is -0.534. The summed E-state index contributed by atoms with van der Waals surface area (Å²) in [6.45, 7) is 3.10. The minimum Gasteiger partial charge on any atom is -0.381 e. The molecule has 0 saturated carbocycles. The van der Waals surface area contributed by atoms with E-state index in [1.807, 2.05) is 6.92 Å². The van der Waals surface area contributed by atoms with Gasteiger partial charge in [-0.15, -0.1) is 0 Å². The molecule has 0 aromatic rings. The van der Waals surface area contributed by atoms with Crippen molar-refractivity contribution in [3.05, 3.63) is 0 Å². The van der Waals surface area contributed by atoms with Gasteiger partial charge in [0.1, 0.15) is 6.04 Å². The third-order valence-corrected chi connectivity index (χ3v) is 2.81. The van der Waals surface area contributed by atoms with E-state index >= 15 is 0 Å². The zero-order valence-electron chi connectivity index (χ0n) is 9.70. The lowest BCUT2D eigenvalue weighted by Gasteiger charge is -2.17. The minimum absolute atomic E-state index is 0.114. The number of unbranched alkanes of at least 4 members (excludes halogenated alkanes) is 1. The maximum absolute atomic E-state index is 11.7. The van der Waals surface area contributed by atoms with E-state index in [1.165, 1.54) is 0 Å². The molecule has 5 heteroatoms. The van der Waals surface area contributed by atoms with Crippen LogP contribution >= 0.6 is 0 Å². The first-order valence-electron chi connectivity index (χ1n) is 5.82. The maximum Gasteiger partial charge on any atom is 0.239 e. The van der Waals surface area contributed by atoms with Gasteiger partial charge in [0.2, 0.25) is 11.8 Å². The summed E-state index contributed by atoms with van der Waals surface area (Å²) >= 11 is 0. The third kappa shape index (κ3) is 3.81. The van der Waals surface area contributed by atoms with Crippen LogP contribution in [0.3, 0.4) is 0 Å². The first-order valence-corrected chi connectivity index (χ1v) is 5.82. The molecule has 0 unspecified atom stereocenters. The van der Waals surface area contributed by atoms with Gasteiger partial charge in [0, 0.05) is 6.61 Å². The third-order valence-electron chi connectivity index (χ3n) is 2.81. The highest BCUT2D eigenvalue weighted by atomic mass is 16.5. The molecular weight excluding hydrogens is 208 g/mol. The molecule has 1 aliphatic rings. The van der Waals surface area contributed by atoms with Crippen LogP contribution in [-0.4, -0.2) is 31.1 Å². The number of primary amides is 1. The van der Waals surface area contributed by atoms with E-state index in [1.54, 1.807) is 0 Å². The average molecular weight is 228 g/mol. The van der Waals surface area contributed by atoms with Crippen LogP contribution < -0.4 is 11.1 Å². The van der Waals surface area contributed by atoms with Crippen LogP contribution in [-0.2, 0) is 14.3 Å². The van der Waals surface area contributed by atoms with Crippen molar-refractivity contribution in [2.75, 3.05) is 13.2 Å². The van der Waals surface area contributed by atoms with Crippen LogP contribution in [0, 0.1) is 5.92 Å². The van der Waals surface area contributed by atoms with Gasteiger partial charge < -0.3 is 15.8 Å². The molecule has 1 aliphatic heterocycles. The summed E-state index contributed by atoms with van der Waals surface area (Å²) < 4.78 is 5.12. The summed E-state index contributed by atoms with van der Waals surface area (Å²) in [7, 11) is 0. The van der Waals surface area contributed by atoms with E-state index in [4.69, 9.17) is 10.5 Å². The van der Waals surface area contributed by atoms with Crippen LogP contribution in [0.5, 0.6) is 0 Å². The van der Waals surface area contributed by atoms with E-state index in [-0.39, 0.29) is 11.8 Å². The number of nitrogens with two attached hydrogens (primary N) is 1. The van der Waals surface area contributed by atoms with Gasteiger partial charge in [-0.3, -0.25) is 9.59 Å². The van der Waals surface area contributed by atoms with Gasteiger partial charge in [-0.2, -0.15) is 0 Å². The van der Waals surface area contributed by atoms with Crippen LogP contribution in [0.15, 0.2) is 0 Å². The summed E-state index contributed by atoms with van der Waals surface area (Å²) in [5, 5.41) is 2.70. The largest absolute Gasteiger partial charge is 0.381 e. The molecule has 1 saturated heterocycles. The summed E-state index contributed by atoms with van der Waals surface area (Å²) in [4.78, 5) is 22.9. The van der Waals surface area contributed by atoms with Crippen molar-refractivity contribution in [2.45, 2.75) is 38.6 Å². The molecule has 0 aromatic heterocycles. The number of rotatable bonds is 6. The Kier molecular flexibility index (Phi) is 5.25. The first kappa shape index (κ1) is 13.0. The number of ether oxygens (including phenoxy) is 1. The lowest BCUT2D eigenvalue weighted by Crippen LogP contribution is -2.46. The Hall–Kier alpha value is -1.10.